The van der Waals surface area contributed by atoms with Crippen molar-refractivity contribution in [3.05, 3.63) is 0 Å². The number of carbonyl (C=O) groups is 1. The van der Waals surface area contributed by atoms with E-state index in [-0.39, 0.29) is 13.2 Å². The standard InChI is InChI=1S/C14H30N2O2.C5H14NO4P/c1-2-3-4-5-6-7-8-9-10-11-16(12-13-17)14(15)18;1-6(2,3)4-5-10-11(7,8)9/h17H,2-13H2,1H3,(H2,15,18);4-5H2,1-3H3,(H-,7,8,9). The van der Waals surface area contributed by atoms with E-state index in [1.165, 1.54) is 49.8 Å². The van der Waals surface area contributed by atoms with Gasteiger partial charge in [0.1, 0.15) is 13.2 Å². The zero-order chi connectivity index (χ0) is 22.8. The molecule has 10 heteroatoms. The second kappa shape index (κ2) is 18.1. The lowest BCUT2D eigenvalue weighted by Crippen LogP contribution is -2.38. The Morgan fingerprint density at radius 2 is 1.52 bits per heavy atom. The van der Waals surface area contributed by atoms with Crippen LogP contribution in [0.5, 0.6) is 0 Å². The maximum absolute atomic E-state index is 11.0. The highest BCUT2D eigenvalue weighted by Crippen LogP contribution is 2.29. The number of amides is 2. The number of primary amides is 1. The number of likely N-dealkylation sites (N-methyl/N-ethyl adjacent to an activating group) is 1. The number of aliphatic hydroxyl groups is 1. The molecule has 0 fully saturated rings. The summed E-state index contributed by atoms with van der Waals surface area (Å²) >= 11 is 0. The highest BCUT2D eigenvalue weighted by molar-refractivity contribution is 7.44. The molecule has 0 saturated carbocycles. The second-order valence-electron chi connectivity index (χ2n) is 8.19. The van der Waals surface area contributed by atoms with Gasteiger partial charge >= 0.3 is 6.03 Å². The van der Waals surface area contributed by atoms with Crippen molar-refractivity contribution in [1.82, 2.24) is 4.90 Å². The molecule has 4 N–H and O–H groups in total. The Bertz CT molecular complexity index is 440. The molecule has 0 aliphatic rings. The number of hydrogen-bond donors (Lipinski definition) is 3. The van der Waals surface area contributed by atoms with Crippen LogP contribution in [-0.2, 0) is 9.09 Å². The molecule has 0 saturated heterocycles. The van der Waals surface area contributed by atoms with Gasteiger partial charge in [-0.05, 0) is 6.42 Å². The van der Waals surface area contributed by atoms with E-state index in [2.05, 4.69) is 11.4 Å². The maximum atomic E-state index is 11.0. The number of quaternary nitrogens is 1. The average molecular weight is 442 g/mol. The summed E-state index contributed by atoms with van der Waals surface area (Å²) in [5, 5.41) is 8.78. The van der Waals surface area contributed by atoms with Crippen molar-refractivity contribution >= 4 is 13.9 Å². The number of carbonyl (C=O) groups excluding carboxylic acids is 1. The van der Waals surface area contributed by atoms with Gasteiger partial charge in [0.2, 0.25) is 0 Å². The van der Waals surface area contributed by atoms with E-state index in [4.69, 9.17) is 15.7 Å². The van der Waals surface area contributed by atoms with Crippen LogP contribution in [0.1, 0.15) is 64.7 Å². The van der Waals surface area contributed by atoms with E-state index < -0.39 is 13.9 Å². The molecule has 0 aliphatic carbocycles. The Kier molecular flexibility index (Phi) is 19.0. The van der Waals surface area contributed by atoms with Crippen LogP contribution in [-0.4, -0.2) is 79.4 Å². The fourth-order valence-electron chi connectivity index (χ4n) is 2.50. The third-order valence-electron chi connectivity index (χ3n) is 4.23. The van der Waals surface area contributed by atoms with E-state index in [9.17, 15) is 14.3 Å². The van der Waals surface area contributed by atoms with Crippen LogP contribution in [0.4, 0.5) is 4.79 Å². The summed E-state index contributed by atoms with van der Waals surface area (Å²) in [7, 11) is 1.19. The van der Waals surface area contributed by atoms with Gasteiger partial charge in [0.25, 0.3) is 7.82 Å². The van der Waals surface area contributed by atoms with Gasteiger partial charge in [-0.25, -0.2) is 4.79 Å². The summed E-state index contributed by atoms with van der Waals surface area (Å²) in [5.74, 6) is 0. The number of phosphoric ester groups is 1. The van der Waals surface area contributed by atoms with Gasteiger partial charge in [0.15, 0.2) is 0 Å². The summed E-state index contributed by atoms with van der Waals surface area (Å²) in [6, 6.07) is -0.427. The molecule has 1 unspecified atom stereocenters. The smallest absolute Gasteiger partial charge is 0.314 e. The minimum Gasteiger partial charge on any atom is -0.756 e. The van der Waals surface area contributed by atoms with Crippen molar-refractivity contribution in [2.45, 2.75) is 64.7 Å². The van der Waals surface area contributed by atoms with E-state index in [0.29, 0.717) is 24.1 Å². The Labute approximate surface area is 177 Å². The first-order chi connectivity index (χ1) is 13.4. The topological polar surface area (TPSA) is 136 Å². The third kappa shape index (κ3) is 27.3. The van der Waals surface area contributed by atoms with Crippen LogP contribution in [0.15, 0.2) is 0 Å². The molecular formula is C19H44N3O6P. The highest BCUT2D eigenvalue weighted by atomic mass is 31.2. The second-order valence-corrected chi connectivity index (χ2v) is 9.39. The lowest BCUT2D eigenvalue weighted by Gasteiger charge is -2.25. The molecule has 1 atom stereocenters. The normalized spacial score (nSPS) is 13.3. The van der Waals surface area contributed by atoms with Crippen LogP contribution in [0.3, 0.4) is 0 Å². The molecule has 176 valence electrons. The molecule has 0 rings (SSSR count). The van der Waals surface area contributed by atoms with Crippen LogP contribution in [0, 0.1) is 0 Å². The lowest BCUT2D eigenvalue weighted by atomic mass is 10.1. The van der Waals surface area contributed by atoms with Gasteiger partial charge < -0.3 is 34.5 Å². The molecule has 2 amide bonds. The highest BCUT2D eigenvalue weighted by Gasteiger charge is 2.09. The zero-order valence-electron chi connectivity index (χ0n) is 18.8. The first-order valence-corrected chi connectivity index (χ1v) is 12.1. The number of nitrogens with zero attached hydrogens (tertiary/aromatic N) is 2. The molecular weight excluding hydrogens is 397 g/mol. The van der Waals surface area contributed by atoms with E-state index in [1.807, 2.05) is 21.1 Å². The van der Waals surface area contributed by atoms with E-state index >= 15 is 0 Å². The Morgan fingerprint density at radius 3 is 1.90 bits per heavy atom. The van der Waals surface area contributed by atoms with Gasteiger partial charge in [-0.15, -0.1) is 0 Å². The fraction of sp³-hybridized carbons (Fsp3) is 0.947. The molecule has 0 bridgehead atoms. The SMILES string of the molecule is CCCCCCCCCCCN(CCO)C(N)=O.C[N+](C)(C)CCOP(=O)([O-])O. The Morgan fingerprint density at radius 1 is 1.03 bits per heavy atom. The molecule has 0 spiro atoms. The van der Waals surface area contributed by atoms with Crippen LogP contribution in [0.2, 0.25) is 0 Å². The predicted octanol–water partition coefficient (Wildman–Crippen LogP) is 2.06. The number of nitrogens with two attached hydrogens (primary N) is 1. The van der Waals surface area contributed by atoms with Crippen molar-refractivity contribution in [2.75, 3.05) is 54.0 Å². The third-order valence-corrected chi connectivity index (χ3v) is 4.74. The maximum Gasteiger partial charge on any atom is 0.314 e. The molecule has 0 aromatic rings. The van der Waals surface area contributed by atoms with Gasteiger partial charge in [-0.3, -0.25) is 4.57 Å². The Balaban J connectivity index is 0. The van der Waals surface area contributed by atoms with Crippen molar-refractivity contribution in [1.29, 1.82) is 0 Å². The van der Waals surface area contributed by atoms with Crippen molar-refractivity contribution in [3.8, 4) is 0 Å². The van der Waals surface area contributed by atoms with Gasteiger partial charge in [-0.1, -0.05) is 58.3 Å². The van der Waals surface area contributed by atoms with Crippen molar-refractivity contribution in [2.24, 2.45) is 5.73 Å². The number of aliphatic hydroxyl groups excluding tert-OH is 1. The molecule has 9 nitrogen and oxygen atoms in total. The first-order valence-electron chi connectivity index (χ1n) is 10.6. The number of rotatable bonds is 16. The summed E-state index contributed by atoms with van der Waals surface area (Å²) < 4.78 is 14.8. The monoisotopic (exact) mass is 441 g/mol. The van der Waals surface area contributed by atoms with Crippen molar-refractivity contribution < 1.29 is 33.3 Å². The van der Waals surface area contributed by atoms with Crippen LogP contribution < -0.4 is 10.6 Å². The Hall–Kier alpha value is -0.700. The minimum atomic E-state index is -4.51. The van der Waals surface area contributed by atoms with E-state index in [0.717, 1.165) is 12.8 Å². The molecule has 29 heavy (non-hydrogen) atoms. The van der Waals surface area contributed by atoms with Gasteiger partial charge in [0, 0.05) is 13.1 Å². The summed E-state index contributed by atoms with van der Waals surface area (Å²) in [4.78, 5) is 30.8. The summed E-state index contributed by atoms with van der Waals surface area (Å²) in [5.41, 5.74) is 5.21. The minimum absolute atomic E-state index is 0.0135. The molecule has 0 heterocycles. The van der Waals surface area contributed by atoms with E-state index in [1.54, 1.807) is 0 Å². The van der Waals surface area contributed by atoms with Crippen LogP contribution >= 0.6 is 7.82 Å². The van der Waals surface area contributed by atoms with Crippen molar-refractivity contribution in [3.63, 3.8) is 0 Å². The zero-order valence-corrected chi connectivity index (χ0v) is 19.7. The lowest BCUT2D eigenvalue weighted by molar-refractivity contribution is -0.870. The fourth-order valence-corrected chi connectivity index (χ4v) is 2.81. The number of unbranched alkanes of at least 4 members (excludes halogenated alkanes) is 8. The number of phosphoric acid groups is 1. The number of hydrogen-bond acceptors (Lipinski definition) is 5. The molecule has 0 aliphatic heterocycles. The largest absolute Gasteiger partial charge is 0.756 e. The predicted molar refractivity (Wildman–Crippen MR) is 114 cm³/mol. The molecule has 0 radical (unpaired) electrons. The average Bonchev–Trinajstić information content (AvgIpc) is 2.57. The molecule has 0 aromatic carbocycles. The first kappa shape index (κ1) is 30.5. The number of urea groups is 1. The van der Waals surface area contributed by atoms with Crippen LogP contribution in [0.25, 0.3) is 0 Å². The summed E-state index contributed by atoms with van der Waals surface area (Å²) in [6.45, 7) is 3.79. The molecule has 0 aromatic heterocycles. The summed E-state index contributed by atoms with van der Waals surface area (Å²) in [6.07, 6.45) is 11.4. The van der Waals surface area contributed by atoms with Gasteiger partial charge in [0.05, 0.1) is 27.7 Å². The van der Waals surface area contributed by atoms with Gasteiger partial charge in [-0.2, -0.15) is 0 Å². The quantitative estimate of drug-likeness (QED) is 0.191.